The van der Waals surface area contributed by atoms with Crippen molar-refractivity contribution in [3.05, 3.63) is 23.9 Å². The van der Waals surface area contributed by atoms with Crippen LogP contribution in [-0.2, 0) is 6.54 Å². The van der Waals surface area contributed by atoms with Crippen molar-refractivity contribution in [1.29, 1.82) is 0 Å². The van der Waals surface area contributed by atoms with Gasteiger partial charge < -0.3 is 10.2 Å². The number of anilines is 1. The van der Waals surface area contributed by atoms with Gasteiger partial charge in [0.25, 0.3) is 0 Å². The van der Waals surface area contributed by atoms with Crippen molar-refractivity contribution in [2.24, 2.45) is 5.92 Å². The number of nitrogens with one attached hydrogen (secondary N) is 1. The van der Waals surface area contributed by atoms with Crippen LogP contribution in [0.25, 0.3) is 0 Å². The van der Waals surface area contributed by atoms with Gasteiger partial charge in [-0.05, 0) is 43.7 Å². The van der Waals surface area contributed by atoms with Crippen molar-refractivity contribution in [3.63, 3.8) is 0 Å². The van der Waals surface area contributed by atoms with Crippen LogP contribution in [0.4, 0.5) is 5.82 Å². The van der Waals surface area contributed by atoms with E-state index >= 15 is 0 Å². The number of nitrogens with zero attached hydrogens (tertiary/aromatic N) is 2. The van der Waals surface area contributed by atoms with Gasteiger partial charge in [0.05, 0.1) is 5.69 Å². The topological polar surface area (TPSA) is 28.2 Å². The van der Waals surface area contributed by atoms with Crippen LogP contribution in [0.3, 0.4) is 0 Å². The molecule has 0 amide bonds. The summed E-state index contributed by atoms with van der Waals surface area (Å²) in [5.41, 5.74) is 1.16. The molecule has 0 atom stereocenters. The first kappa shape index (κ1) is 11.0. The van der Waals surface area contributed by atoms with Crippen LogP contribution in [0.15, 0.2) is 18.2 Å². The second-order valence-corrected chi connectivity index (χ2v) is 5.47. The molecule has 1 N–H and O–H groups in total. The van der Waals surface area contributed by atoms with Crippen LogP contribution in [-0.4, -0.2) is 24.6 Å². The molecule has 3 nitrogen and oxygen atoms in total. The molecular weight excluding hydrogens is 210 g/mol. The molecule has 0 aliphatic heterocycles. The number of rotatable bonds is 6. The van der Waals surface area contributed by atoms with E-state index in [1.807, 2.05) is 0 Å². The molecule has 2 aliphatic rings. The highest BCUT2D eigenvalue weighted by molar-refractivity contribution is 5.38. The lowest BCUT2D eigenvalue weighted by Gasteiger charge is -2.18. The van der Waals surface area contributed by atoms with Crippen molar-refractivity contribution < 1.29 is 0 Å². The van der Waals surface area contributed by atoms with Gasteiger partial charge in [0.15, 0.2) is 0 Å². The van der Waals surface area contributed by atoms with Crippen LogP contribution in [0.5, 0.6) is 0 Å². The molecule has 0 bridgehead atoms. The largest absolute Gasteiger partial charge is 0.359 e. The van der Waals surface area contributed by atoms with E-state index in [1.165, 1.54) is 25.7 Å². The van der Waals surface area contributed by atoms with E-state index in [1.54, 1.807) is 0 Å². The number of hydrogen-bond acceptors (Lipinski definition) is 3. The molecule has 1 heterocycles. The highest BCUT2D eigenvalue weighted by Gasteiger charge is 2.23. The van der Waals surface area contributed by atoms with E-state index in [0.29, 0.717) is 0 Å². The summed E-state index contributed by atoms with van der Waals surface area (Å²) in [4.78, 5) is 7.01. The third-order valence-corrected chi connectivity index (χ3v) is 3.56. The lowest BCUT2D eigenvalue weighted by Crippen LogP contribution is -2.22. The average molecular weight is 231 g/mol. The maximum atomic E-state index is 4.72. The summed E-state index contributed by atoms with van der Waals surface area (Å²) in [7, 11) is 2.15. The molecule has 17 heavy (non-hydrogen) atoms. The molecule has 0 aromatic carbocycles. The van der Waals surface area contributed by atoms with E-state index in [2.05, 4.69) is 35.5 Å². The van der Waals surface area contributed by atoms with E-state index < -0.39 is 0 Å². The van der Waals surface area contributed by atoms with Gasteiger partial charge in [-0.3, -0.25) is 0 Å². The summed E-state index contributed by atoms with van der Waals surface area (Å²) in [5.74, 6) is 2.03. The minimum Gasteiger partial charge on any atom is -0.359 e. The van der Waals surface area contributed by atoms with Gasteiger partial charge in [-0.2, -0.15) is 0 Å². The Morgan fingerprint density at radius 1 is 1.29 bits per heavy atom. The van der Waals surface area contributed by atoms with Gasteiger partial charge in [-0.1, -0.05) is 6.07 Å². The van der Waals surface area contributed by atoms with Crippen molar-refractivity contribution in [2.75, 3.05) is 18.5 Å². The Balaban J connectivity index is 1.59. The first-order chi connectivity index (χ1) is 8.31. The maximum Gasteiger partial charge on any atom is 0.128 e. The van der Waals surface area contributed by atoms with Crippen LogP contribution in [0.2, 0.25) is 0 Å². The lowest BCUT2D eigenvalue weighted by atomic mass is 10.3. The molecule has 3 rings (SSSR count). The fraction of sp³-hybridized carbons (Fsp3) is 0.643. The van der Waals surface area contributed by atoms with Gasteiger partial charge in [-0.25, -0.2) is 4.98 Å². The molecule has 2 saturated carbocycles. The monoisotopic (exact) mass is 231 g/mol. The van der Waals surface area contributed by atoms with Gasteiger partial charge in [0.1, 0.15) is 5.82 Å². The minimum atomic E-state index is 0.754. The highest BCUT2D eigenvalue weighted by Crippen LogP contribution is 2.30. The number of pyridine rings is 1. The SMILES string of the molecule is CN(CC1CC1)c1cccc(CNC2CC2)n1. The zero-order valence-electron chi connectivity index (χ0n) is 10.5. The Kier molecular flexibility index (Phi) is 3.02. The summed E-state index contributed by atoms with van der Waals surface area (Å²) in [6.45, 7) is 2.07. The van der Waals surface area contributed by atoms with Crippen molar-refractivity contribution in [3.8, 4) is 0 Å². The molecule has 0 spiro atoms. The molecule has 0 saturated heterocycles. The smallest absolute Gasteiger partial charge is 0.128 e. The Morgan fingerprint density at radius 3 is 2.82 bits per heavy atom. The maximum absolute atomic E-state index is 4.72. The summed E-state index contributed by atoms with van der Waals surface area (Å²) in [5, 5.41) is 3.51. The Hall–Kier alpha value is -1.09. The summed E-state index contributed by atoms with van der Waals surface area (Å²) in [6, 6.07) is 7.10. The zero-order chi connectivity index (χ0) is 11.7. The van der Waals surface area contributed by atoms with E-state index in [0.717, 1.165) is 36.6 Å². The van der Waals surface area contributed by atoms with E-state index in [4.69, 9.17) is 4.98 Å². The lowest BCUT2D eigenvalue weighted by molar-refractivity contribution is 0.672. The highest BCUT2D eigenvalue weighted by atomic mass is 15.2. The molecular formula is C14H21N3. The number of aromatic nitrogens is 1. The van der Waals surface area contributed by atoms with Crippen LogP contribution in [0, 0.1) is 5.92 Å². The van der Waals surface area contributed by atoms with Crippen molar-refractivity contribution in [1.82, 2.24) is 10.3 Å². The molecule has 92 valence electrons. The number of hydrogen-bond donors (Lipinski definition) is 1. The first-order valence-electron chi connectivity index (χ1n) is 6.72. The Bertz CT molecular complexity index is 383. The molecule has 2 fully saturated rings. The normalized spacial score (nSPS) is 19.4. The Labute approximate surface area is 103 Å². The second-order valence-electron chi connectivity index (χ2n) is 5.47. The van der Waals surface area contributed by atoms with Crippen LogP contribution >= 0.6 is 0 Å². The van der Waals surface area contributed by atoms with Crippen LogP contribution < -0.4 is 10.2 Å². The van der Waals surface area contributed by atoms with E-state index in [9.17, 15) is 0 Å². The third kappa shape index (κ3) is 3.19. The zero-order valence-corrected chi connectivity index (χ0v) is 10.5. The molecule has 3 heteroatoms. The molecule has 1 aromatic rings. The quantitative estimate of drug-likeness (QED) is 0.813. The second kappa shape index (κ2) is 4.65. The average Bonchev–Trinajstić information content (AvgIpc) is 3.21. The van der Waals surface area contributed by atoms with Gasteiger partial charge in [-0.15, -0.1) is 0 Å². The summed E-state index contributed by atoms with van der Waals surface area (Å²) >= 11 is 0. The summed E-state index contributed by atoms with van der Waals surface area (Å²) in [6.07, 6.45) is 5.46. The van der Waals surface area contributed by atoms with Gasteiger partial charge in [0, 0.05) is 26.2 Å². The van der Waals surface area contributed by atoms with Crippen molar-refractivity contribution >= 4 is 5.82 Å². The van der Waals surface area contributed by atoms with Gasteiger partial charge in [0.2, 0.25) is 0 Å². The Morgan fingerprint density at radius 2 is 2.12 bits per heavy atom. The van der Waals surface area contributed by atoms with Crippen LogP contribution in [0.1, 0.15) is 31.4 Å². The fourth-order valence-corrected chi connectivity index (χ4v) is 2.10. The molecule has 1 aromatic heterocycles. The fourth-order valence-electron chi connectivity index (χ4n) is 2.10. The molecule has 0 radical (unpaired) electrons. The molecule has 0 unspecified atom stereocenters. The van der Waals surface area contributed by atoms with Crippen molar-refractivity contribution in [2.45, 2.75) is 38.3 Å². The first-order valence-corrected chi connectivity index (χ1v) is 6.72. The summed E-state index contributed by atoms with van der Waals surface area (Å²) < 4.78 is 0. The standard InChI is InChI=1S/C14H21N3/c1-17(10-11-5-6-11)14-4-2-3-13(16-14)9-15-12-7-8-12/h2-4,11-12,15H,5-10H2,1H3. The minimum absolute atomic E-state index is 0.754. The molecule has 2 aliphatic carbocycles. The van der Waals surface area contributed by atoms with Gasteiger partial charge >= 0.3 is 0 Å². The third-order valence-electron chi connectivity index (χ3n) is 3.56. The van der Waals surface area contributed by atoms with E-state index in [-0.39, 0.29) is 0 Å². The predicted octanol–water partition coefficient (Wildman–Crippen LogP) is 2.18. The predicted molar refractivity (Wildman–Crippen MR) is 70.1 cm³/mol.